The number of ether oxygens (including phenoxy) is 2. The minimum Gasteiger partial charge on any atom is -0.464 e. The van der Waals surface area contributed by atoms with Crippen molar-refractivity contribution in [2.24, 2.45) is 0 Å². The molecule has 1 rings (SSSR count). The van der Waals surface area contributed by atoms with Gasteiger partial charge in [0.15, 0.2) is 5.69 Å². The molecule has 1 aromatic rings. The van der Waals surface area contributed by atoms with Crippen molar-refractivity contribution in [3.63, 3.8) is 0 Å². The molecule has 19 heavy (non-hydrogen) atoms. The number of nitrogens with one attached hydrogen (secondary N) is 1. The van der Waals surface area contributed by atoms with E-state index in [0.717, 1.165) is 0 Å². The van der Waals surface area contributed by atoms with Crippen LogP contribution in [0.4, 0.5) is 5.82 Å². The van der Waals surface area contributed by atoms with Gasteiger partial charge in [0.25, 0.3) is 0 Å². The summed E-state index contributed by atoms with van der Waals surface area (Å²) >= 11 is 0. The number of amides is 1. The zero-order valence-electron chi connectivity index (χ0n) is 11.0. The number of anilines is 1. The summed E-state index contributed by atoms with van der Waals surface area (Å²) in [7, 11) is 2.82. The highest BCUT2D eigenvalue weighted by atomic mass is 16.5. The molecule has 0 bridgehead atoms. The van der Waals surface area contributed by atoms with E-state index in [2.05, 4.69) is 15.0 Å². The molecule has 0 atom stereocenters. The van der Waals surface area contributed by atoms with Gasteiger partial charge in [-0.15, -0.1) is 0 Å². The molecule has 0 saturated heterocycles. The third kappa shape index (κ3) is 4.25. The van der Waals surface area contributed by atoms with Crippen LogP contribution in [0.2, 0.25) is 0 Å². The molecule has 3 N–H and O–H groups in total. The number of nitrogen functional groups attached to an aromatic ring is 1. The summed E-state index contributed by atoms with van der Waals surface area (Å²) in [6.45, 7) is 1.27. The number of esters is 1. The average Bonchev–Trinajstić information content (AvgIpc) is 2.77. The number of nitrogens with two attached hydrogens (primary N) is 1. The van der Waals surface area contributed by atoms with Gasteiger partial charge in [0, 0.05) is 26.6 Å². The van der Waals surface area contributed by atoms with Crippen LogP contribution in [0, 0.1) is 0 Å². The van der Waals surface area contributed by atoms with Crippen molar-refractivity contribution >= 4 is 17.7 Å². The lowest BCUT2D eigenvalue weighted by Gasteiger charge is -2.06. The Bertz CT molecular complexity index is 444. The quantitative estimate of drug-likeness (QED) is 0.506. The Balaban J connectivity index is 2.48. The van der Waals surface area contributed by atoms with Gasteiger partial charge in [-0.3, -0.25) is 4.79 Å². The molecule has 0 saturated carbocycles. The molecule has 0 aromatic carbocycles. The molecule has 0 aliphatic carbocycles. The van der Waals surface area contributed by atoms with Crippen LogP contribution >= 0.6 is 0 Å². The second kappa shape index (κ2) is 7.37. The second-order valence-electron chi connectivity index (χ2n) is 3.76. The van der Waals surface area contributed by atoms with Crippen molar-refractivity contribution < 1.29 is 19.1 Å². The normalized spacial score (nSPS) is 10.2. The molecule has 8 heteroatoms. The van der Waals surface area contributed by atoms with Crippen LogP contribution in [0.15, 0.2) is 6.33 Å². The summed E-state index contributed by atoms with van der Waals surface area (Å²) in [5, 5.41) is 2.68. The first-order valence-electron chi connectivity index (χ1n) is 5.74. The summed E-state index contributed by atoms with van der Waals surface area (Å²) < 4.78 is 10.9. The maximum absolute atomic E-state index is 11.5. The number of imidazole rings is 1. The van der Waals surface area contributed by atoms with Crippen molar-refractivity contribution in [1.29, 1.82) is 0 Å². The third-order valence-electron chi connectivity index (χ3n) is 2.47. The van der Waals surface area contributed by atoms with Gasteiger partial charge in [-0.2, -0.15) is 0 Å². The molecule has 0 unspecified atom stereocenters. The zero-order valence-corrected chi connectivity index (χ0v) is 11.0. The number of methoxy groups -OCH3 is 2. The summed E-state index contributed by atoms with van der Waals surface area (Å²) in [5.74, 6) is -0.526. The van der Waals surface area contributed by atoms with Gasteiger partial charge < -0.3 is 25.1 Å². The number of hydrogen-bond acceptors (Lipinski definition) is 6. The van der Waals surface area contributed by atoms with Crippen molar-refractivity contribution in [3.05, 3.63) is 12.0 Å². The van der Waals surface area contributed by atoms with Gasteiger partial charge in [0.2, 0.25) is 5.91 Å². The van der Waals surface area contributed by atoms with Crippen LogP contribution in [0.3, 0.4) is 0 Å². The third-order valence-corrected chi connectivity index (χ3v) is 2.47. The molecule has 0 spiro atoms. The SMILES string of the molecule is COCCNC(=O)CCn1cnc(C(=O)OC)c1N. The van der Waals surface area contributed by atoms with E-state index in [1.165, 1.54) is 18.0 Å². The van der Waals surface area contributed by atoms with E-state index < -0.39 is 5.97 Å². The first-order chi connectivity index (χ1) is 9.10. The number of carbonyl (C=O) groups excluding carboxylic acids is 2. The molecule has 1 heterocycles. The summed E-state index contributed by atoms with van der Waals surface area (Å²) in [5.41, 5.74) is 5.79. The highest BCUT2D eigenvalue weighted by molar-refractivity contribution is 5.92. The Hall–Kier alpha value is -2.09. The number of aryl methyl sites for hydroxylation is 1. The lowest BCUT2D eigenvalue weighted by Crippen LogP contribution is -2.27. The van der Waals surface area contributed by atoms with Crippen LogP contribution in [-0.2, 0) is 20.8 Å². The van der Waals surface area contributed by atoms with Gasteiger partial charge in [0.05, 0.1) is 20.0 Å². The largest absolute Gasteiger partial charge is 0.464 e. The smallest absolute Gasteiger partial charge is 0.360 e. The average molecular weight is 270 g/mol. The van der Waals surface area contributed by atoms with Gasteiger partial charge in [-0.25, -0.2) is 9.78 Å². The molecule has 0 aliphatic heterocycles. The minimum atomic E-state index is -0.596. The highest BCUT2D eigenvalue weighted by Crippen LogP contribution is 2.11. The molecule has 0 aliphatic rings. The van der Waals surface area contributed by atoms with E-state index in [1.54, 1.807) is 7.11 Å². The lowest BCUT2D eigenvalue weighted by atomic mass is 10.3. The van der Waals surface area contributed by atoms with Crippen molar-refractivity contribution in [2.45, 2.75) is 13.0 Å². The number of nitrogens with zero attached hydrogens (tertiary/aromatic N) is 2. The van der Waals surface area contributed by atoms with E-state index >= 15 is 0 Å². The summed E-state index contributed by atoms with van der Waals surface area (Å²) in [4.78, 5) is 26.6. The minimum absolute atomic E-state index is 0.0577. The fourth-order valence-corrected chi connectivity index (χ4v) is 1.43. The van der Waals surface area contributed by atoms with Gasteiger partial charge in [0.1, 0.15) is 5.82 Å². The van der Waals surface area contributed by atoms with Crippen molar-refractivity contribution in [3.8, 4) is 0 Å². The second-order valence-corrected chi connectivity index (χ2v) is 3.76. The zero-order chi connectivity index (χ0) is 14.3. The molecule has 8 nitrogen and oxygen atoms in total. The summed E-state index contributed by atoms with van der Waals surface area (Å²) in [6, 6.07) is 0. The first kappa shape index (κ1) is 15.0. The van der Waals surface area contributed by atoms with Gasteiger partial charge in [-0.1, -0.05) is 0 Å². The predicted molar refractivity (Wildman–Crippen MR) is 67.5 cm³/mol. The number of aromatic nitrogens is 2. The maximum Gasteiger partial charge on any atom is 0.360 e. The topological polar surface area (TPSA) is 108 Å². The van der Waals surface area contributed by atoms with Crippen molar-refractivity contribution in [1.82, 2.24) is 14.9 Å². The predicted octanol–water partition coefficient (Wildman–Crippen LogP) is -0.595. The number of rotatable bonds is 7. The fourth-order valence-electron chi connectivity index (χ4n) is 1.43. The molecule has 1 amide bonds. The van der Waals surface area contributed by atoms with E-state index in [9.17, 15) is 9.59 Å². The van der Waals surface area contributed by atoms with Crippen LogP contribution in [-0.4, -0.2) is 48.8 Å². The Morgan fingerprint density at radius 3 is 2.84 bits per heavy atom. The Morgan fingerprint density at radius 1 is 1.47 bits per heavy atom. The van der Waals surface area contributed by atoms with Gasteiger partial charge >= 0.3 is 5.97 Å². The molecular formula is C11H18N4O4. The van der Waals surface area contributed by atoms with E-state index in [0.29, 0.717) is 19.7 Å². The molecule has 106 valence electrons. The Kier molecular flexibility index (Phi) is 5.80. The van der Waals surface area contributed by atoms with E-state index in [1.807, 2.05) is 0 Å². The first-order valence-corrected chi connectivity index (χ1v) is 5.74. The monoisotopic (exact) mass is 270 g/mol. The van der Waals surface area contributed by atoms with Gasteiger partial charge in [-0.05, 0) is 0 Å². The number of carbonyl (C=O) groups is 2. The van der Waals surface area contributed by atoms with Crippen LogP contribution in [0.5, 0.6) is 0 Å². The fraction of sp³-hybridized carbons (Fsp3) is 0.545. The summed E-state index contributed by atoms with van der Waals surface area (Å²) in [6.07, 6.45) is 1.65. The highest BCUT2D eigenvalue weighted by Gasteiger charge is 2.16. The molecule has 1 aromatic heterocycles. The van der Waals surface area contributed by atoms with Crippen molar-refractivity contribution in [2.75, 3.05) is 33.1 Å². The maximum atomic E-state index is 11.5. The molecule has 0 radical (unpaired) electrons. The van der Waals surface area contributed by atoms with Crippen LogP contribution < -0.4 is 11.1 Å². The van der Waals surface area contributed by atoms with Crippen LogP contribution in [0.1, 0.15) is 16.9 Å². The van der Waals surface area contributed by atoms with Crippen LogP contribution in [0.25, 0.3) is 0 Å². The number of hydrogen-bond donors (Lipinski definition) is 2. The van der Waals surface area contributed by atoms with E-state index in [4.69, 9.17) is 10.5 Å². The Morgan fingerprint density at radius 2 is 2.21 bits per heavy atom. The molecule has 0 fully saturated rings. The standard InChI is InChI=1S/C11H18N4O4/c1-18-6-4-13-8(16)3-5-15-7-14-9(10(15)12)11(17)19-2/h7H,3-6,12H2,1-2H3,(H,13,16). The molecular weight excluding hydrogens is 252 g/mol. The van der Waals surface area contributed by atoms with E-state index in [-0.39, 0.29) is 23.8 Å². The lowest BCUT2D eigenvalue weighted by molar-refractivity contribution is -0.121. The Labute approximate surface area is 110 Å².